The van der Waals surface area contributed by atoms with Crippen LogP contribution in [0.2, 0.25) is 0 Å². The Morgan fingerprint density at radius 2 is 1.90 bits per heavy atom. The van der Waals surface area contributed by atoms with Gasteiger partial charge in [-0.05, 0) is 36.4 Å². The number of benzene rings is 2. The predicted octanol–water partition coefficient (Wildman–Crippen LogP) is 4.15. The first-order valence-corrected chi connectivity index (χ1v) is 8.87. The summed E-state index contributed by atoms with van der Waals surface area (Å²) in [7, 11) is 0. The van der Waals surface area contributed by atoms with Gasteiger partial charge in [-0.15, -0.1) is 0 Å². The summed E-state index contributed by atoms with van der Waals surface area (Å²) >= 11 is 0. The zero-order valence-electron chi connectivity index (χ0n) is 15.7. The number of anilines is 2. The summed E-state index contributed by atoms with van der Waals surface area (Å²) in [6.07, 6.45) is 1.37. The van der Waals surface area contributed by atoms with Crippen molar-refractivity contribution in [3.8, 4) is 17.6 Å². The van der Waals surface area contributed by atoms with E-state index < -0.39 is 22.0 Å². The molecule has 0 amide bonds. The van der Waals surface area contributed by atoms with E-state index in [1.54, 1.807) is 24.3 Å². The number of hydrogen-bond acceptors (Lipinski definition) is 7. The second-order valence-corrected chi connectivity index (χ2v) is 6.28. The number of ether oxygens (including phenoxy) is 1. The summed E-state index contributed by atoms with van der Waals surface area (Å²) in [5.41, 5.74) is -1.09. The van der Waals surface area contributed by atoms with Crippen LogP contribution in [0.1, 0.15) is 5.56 Å². The number of pyridine rings is 1. The van der Waals surface area contributed by atoms with Crippen molar-refractivity contribution in [1.29, 1.82) is 5.26 Å². The van der Waals surface area contributed by atoms with Gasteiger partial charge in [-0.3, -0.25) is 19.3 Å². The van der Waals surface area contributed by atoms with Gasteiger partial charge in [0.1, 0.15) is 17.5 Å². The van der Waals surface area contributed by atoms with E-state index in [0.29, 0.717) is 0 Å². The minimum atomic E-state index is -0.869. The van der Waals surface area contributed by atoms with Gasteiger partial charge < -0.3 is 10.1 Å². The molecule has 31 heavy (non-hydrogen) atoms. The zero-order valence-corrected chi connectivity index (χ0v) is 15.7. The molecule has 0 aliphatic carbocycles. The smallest absolute Gasteiger partial charge is 0.376 e. The molecule has 0 aliphatic heterocycles. The number of fused-ring (bicyclic) bond motifs is 1. The highest BCUT2D eigenvalue weighted by atomic mass is 19.1. The lowest BCUT2D eigenvalue weighted by molar-refractivity contribution is -0.385. The fourth-order valence-corrected chi connectivity index (χ4v) is 2.90. The maximum atomic E-state index is 14.6. The molecule has 2 heterocycles. The molecule has 4 rings (SSSR count). The van der Waals surface area contributed by atoms with Crippen LogP contribution in [0.3, 0.4) is 0 Å². The highest BCUT2D eigenvalue weighted by Crippen LogP contribution is 2.30. The molecular formula is C21H12FN5O4. The van der Waals surface area contributed by atoms with Crippen LogP contribution < -0.4 is 15.6 Å². The van der Waals surface area contributed by atoms with E-state index in [0.717, 1.165) is 10.5 Å². The van der Waals surface area contributed by atoms with E-state index in [1.807, 2.05) is 6.07 Å². The molecule has 2 aromatic heterocycles. The minimum Gasteiger partial charge on any atom is -0.453 e. The lowest BCUT2D eigenvalue weighted by atomic mass is 10.2. The summed E-state index contributed by atoms with van der Waals surface area (Å²) in [6, 6.07) is 16.8. The second-order valence-electron chi connectivity index (χ2n) is 6.28. The summed E-state index contributed by atoms with van der Waals surface area (Å²) in [6.45, 7) is 0. The highest BCUT2D eigenvalue weighted by molar-refractivity contribution is 5.68. The molecule has 9 nitrogen and oxygen atoms in total. The van der Waals surface area contributed by atoms with Crippen molar-refractivity contribution >= 4 is 22.8 Å². The van der Waals surface area contributed by atoms with Crippen LogP contribution >= 0.6 is 0 Å². The maximum absolute atomic E-state index is 14.6. The van der Waals surface area contributed by atoms with Gasteiger partial charge >= 0.3 is 11.2 Å². The predicted molar refractivity (Wildman–Crippen MR) is 109 cm³/mol. The molecule has 152 valence electrons. The van der Waals surface area contributed by atoms with Crippen molar-refractivity contribution in [2.45, 2.75) is 0 Å². The number of halogens is 1. The largest absolute Gasteiger partial charge is 0.453 e. The highest BCUT2D eigenvalue weighted by Gasteiger charge is 2.24. The number of rotatable bonds is 5. The number of nitrogens with one attached hydrogen (secondary N) is 1. The topological polar surface area (TPSA) is 123 Å². The average Bonchev–Trinajstić information content (AvgIpc) is 2.76. The van der Waals surface area contributed by atoms with Crippen LogP contribution in [0.15, 0.2) is 71.7 Å². The van der Waals surface area contributed by atoms with Gasteiger partial charge in [-0.2, -0.15) is 5.26 Å². The number of hydrogen-bond donors (Lipinski definition) is 1. The summed E-state index contributed by atoms with van der Waals surface area (Å²) in [5.74, 6) is -1.05. The van der Waals surface area contributed by atoms with Crippen LogP contribution in [-0.2, 0) is 0 Å². The molecule has 4 aromatic rings. The Hall–Kier alpha value is -4.78. The fourth-order valence-electron chi connectivity index (χ4n) is 2.90. The van der Waals surface area contributed by atoms with Crippen LogP contribution in [0, 0.1) is 27.3 Å². The third kappa shape index (κ3) is 3.75. The van der Waals surface area contributed by atoms with E-state index in [-0.39, 0.29) is 34.2 Å². The number of nitriles is 1. The molecule has 0 spiro atoms. The average molecular weight is 417 g/mol. The van der Waals surface area contributed by atoms with Gasteiger partial charge in [-0.25, -0.2) is 9.37 Å². The van der Waals surface area contributed by atoms with Crippen molar-refractivity contribution in [2.24, 2.45) is 0 Å². The van der Waals surface area contributed by atoms with E-state index >= 15 is 0 Å². The fraction of sp³-hybridized carbons (Fsp3) is 0. The van der Waals surface area contributed by atoms with E-state index in [4.69, 9.17) is 10.00 Å². The molecule has 0 saturated carbocycles. The standard InChI is InChI=1S/C21H12FN5O4/c22-15-11-14(8-9-17(15)31-16-6-2-1-5-13(16)12-23)24-20-19(27(29)30)21(28)26-10-4-3-7-18(26)25-20/h1-11,24H. The van der Waals surface area contributed by atoms with Crippen molar-refractivity contribution in [3.05, 3.63) is 98.7 Å². The summed E-state index contributed by atoms with van der Waals surface area (Å²) in [5, 5.41) is 23.2. The molecule has 0 saturated heterocycles. The Bertz CT molecular complexity index is 1430. The van der Waals surface area contributed by atoms with Gasteiger partial charge in [0.15, 0.2) is 11.6 Å². The summed E-state index contributed by atoms with van der Waals surface area (Å²) in [4.78, 5) is 27.2. The number of aromatic nitrogens is 2. The van der Waals surface area contributed by atoms with Gasteiger partial charge in [0, 0.05) is 18.0 Å². The van der Waals surface area contributed by atoms with Crippen molar-refractivity contribution in [1.82, 2.24) is 9.38 Å². The molecule has 0 unspecified atom stereocenters. The first-order valence-electron chi connectivity index (χ1n) is 8.87. The third-order valence-electron chi connectivity index (χ3n) is 4.32. The number of para-hydroxylation sites is 1. The lowest BCUT2D eigenvalue weighted by Gasteiger charge is -2.11. The zero-order chi connectivity index (χ0) is 22.0. The summed E-state index contributed by atoms with van der Waals surface area (Å²) < 4.78 is 21.1. The van der Waals surface area contributed by atoms with Gasteiger partial charge in [0.25, 0.3) is 0 Å². The molecule has 10 heteroatoms. The normalized spacial score (nSPS) is 10.5. The van der Waals surface area contributed by atoms with Gasteiger partial charge in [0.05, 0.1) is 10.5 Å². The Morgan fingerprint density at radius 1 is 1.13 bits per heavy atom. The third-order valence-corrected chi connectivity index (χ3v) is 4.32. The molecule has 0 fully saturated rings. The minimum absolute atomic E-state index is 0.119. The SMILES string of the molecule is N#Cc1ccccc1Oc1ccc(Nc2nc3ccccn3c(=O)c2[N+](=O)[O-])cc1F. The molecule has 0 bridgehead atoms. The first-order chi connectivity index (χ1) is 15.0. The van der Waals surface area contributed by atoms with Crippen LogP contribution in [0.25, 0.3) is 5.65 Å². The molecular weight excluding hydrogens is 405 g/mol. The van der Waals surface area contributed by atoms with Crippen LogP contribution in [0.4, 0.5) is 21.6 Å². The molecule has 2 aromatic carbocycles. The van der Waals surface area contributed by atoms with E-state index in [9.17, 15) is 19.3 Å². The van der Waals surface area contributed by atoms with Crippen LogP contribution in [0.5, 0.6) is 11.5 Å². The van der Waals surface area contributed by atoms with Crippen molar-refractivity contribution in [2.75, 3.05) is 5.32 Å². The Morgan fingerprint density at radius 3 is 2.65 bits per heavy atom. The van der Waals surface area contributed by atoms with Crippen molar-refractivity contribution < 1.29 is 14.1 Å². The lowest BCUT2D eigenvalue weighted by Crippen LogP contribution is -2.20. The molecule has 0 aliphatic rings. The monoisotopic (exact) mass is 417 g/mol. The van der Waals surface area contributed by atoms with Gasteiger partial charge in [-0.1, -0.05) is 18.2 Å². The van der Waals surface area contributed by atoms with Crippen molar-refractivity contribution in [3.63, 3.8) is 0 Å². The Labute approximate surface area is 173 Å². The van der Waals surface area contributed by atoms with E-state index in [1.165, 1.54) is 36.5 Å². The molecule has 0 atom stereocenters. The molecule has 0 radical (unpaired) electrons. The Balaban J connectivity index is 1.69. The molecule has 1 N–H and O–H groups in total. The van der Waals surface area contributed by atoms with E-state index in [2.05, 4.69) is 10.3 Å². The Kier molecular flexibility index (Phi) is 4.99. The number of nitrogens with zero attached hydrogens (tertiary/aromatic N) is 4. The van der Waals surface area contributed by atoms with Crippen LogP contribution in [-0.4, -0.2) is 14.3 Å². The number of nitro groups is 1. The first kappa shape index (κ1) is 19.5. The van der Waals surface area contributed by atoms with Gasteiger partial charge in [0.2, 0.25) is 5.82 Å². The maximum Gasteiger partial charge on any atom is 0.376 e. The quantitative estimate of drug-likeness (QED) is 0.382. The second kappa shape index (κ2) is 7.92.